The Bertz CT molecular complexity index is 313. The lowest BCUT2D eigenvalue weighted by molar-refractivity contribution is -0.141. The highest BCUT2D eigenvalue weighted by Gasteiger charge is 2.32. The second-order valence-electron chi connectivity index (χ2n) is 4.68. The normalized spacial score (nSPS) is 15.8. The molecule has 5 nitrogen and oxygen atoms in total. The van der Waals surface area contributed by atoms with Crippen LogP contribution >= 0.6 is 0 Å². The van der Waals surface area contributed by atoms with Crippen LogP contribution in [0.5, 0.6) is 0 Å². The van der Waals surface area contributed by atoms with E-state index in [1.807, 2.05) is 6.92 Å². The van der Waals surface area contributed by atoms with Gasteiger partial charge in [0.2, 0.25) is 0 Å². The molecule has 0 spiro atoms. The highest BCUT2D eigenvalue weighted by Crippen LogP contribution is 2.26. The van der Waals surface area contributed by atoms with Crippen molar-refractivity contribution in [1.82, 2.24) is 10.2 Å². The molecule has 0 radical (unpaired) electrons. The molecular weight excluding hydrogens is 232 g/mol. The molecule has 0 aliphatic heterocycles. The van der Waals surface area contributed by atoms with Gasteiger partial charge in [0.25, 0.3) is 0 Å². The first-order valence-electron chi connectivity index (χ1n) is 6.48. The van der Waals surface area contributed by atoms with Crippen molar-refractivity contribution >= 4 is 12.0 Å². The van der Waals surface area contributed by atoms with E-state index in [-0.39, 0.29) is 12.6 Å². The minimum absolute atomic E-state index is 0.181. The Labute approximate surface area is 108 Å². The molecule has 0 bridgehead atoms. The molecule has 1 saturated carbocycles. The first kappa shape index (κ1) is 14.5. The number of carboxylic acids is 1. The smallest absolute Gasteiger partial charge is 0.317 e. The number of hydrogen-bond donors (Lipinski definition) is 2. The van der Waals surface area contributed by atoms with Gasteiger partial charge in [-0.05, 0) is 19.3 Å². The number of nitrogens with one attached hydrogen (secondary N) is 1. The Morgan fingerprint density at radius 1 is 1.56 bits per heavy atom. The molecule has 1 aliphatic rings. The highest BCUT2D eigenvalue weighted by molar-refractivity contribution is 5.76. The van der Waals surface area contributed by atoms with Gasteiger partial charge in [0.1, 0.15) is 0 Å². The number of urea groups is 1. The molecule has 18 heavy (non-hydrogen) atoms. The van der Waals surface area contributed by atoms with E-state index >= 15 is 0 Å². The molecule has 2 N–H and O–H groups in total. The van der Waals surface area contributed by atoms with Crippen molar-refractivity contribution in [2.75, 3.05) is 13.1 Å². The molecule has 1 atom stereocenters. The zero-order chi connectivity index (χ0) is 13.5. The van der Waals surface area contributed by atoms with E-state index in [4.69, 9.17) is 5.11 Å². The predicted octanol–water partition coefficient (Wildman–Crippen LogP) is 1.85. The van der Waals surface area contributed by atoms with Crippen LogP contribution in [0.1, 0.15) is 32.6 Å². The summed E-state index contributed by atoms with van der Waals surface area (Å²) in [7, 11) is 0. The van der Waals surface area contributed by atoms with Crippen molar-refractivity contribution in [3.63, 3.8) is 0 Å². The van der Waals surface area contributed by atoms with Crippen LogP contribution in [0.3, 0.4) is 0 Å². The number of carbonyl (C=O) groups excluding carboxylic acids is 1. The van der Waals surface area contributed by atoms with Crippen molar-refractivity contribution < 1.29 is 14.7 Å². The Kier molecular flexibility index (Phi) is 5.68. The van der Waals surface area contributed by atoms with Crippen LogP contribution in [0.4, 0.5) is 4.79 Å². The Morgan fingerprint density at radius 3 is 2.67 bits per heavy atom. The number of carbonyl (C=O) groups is 2. The van der Waals surface area contributed by atoms with E-state index < -0.39 is 11.9 Å². The molecule has 0 aromatic carbocycles. The maximum absolute atomic E-state index is 11.9. The van der Waals surface area contributed by atoms with Crippen LogP contribution in [0.15, 0.2) is 12.7 Å². The van der Waals surface area contributed by atoms with E-state index in [1.54, 1.807) is 11.0 Å². The molecule has 2 amide bonds. The molecule has 0 aromatic heterocycles. The summed E-state index contributed by atoms with van der Waals surface area (Å²) in [5.41, 5.74) is 0. The Morgan fingerprint density at radius 2 is 2.22 bits per heavy atom. The molecule has 1 aliphatic carbocycles. The number of carboxylic acid groups (broad SMARTS) is 1. The van der Waals surface area contributed by atoms with Gasteiger partial charge in [0.05, 0.1) is 5.92 Å². The quantitative estimate of drug-likeness (QED) is 0.649. The largest absolute Gasteiger partial charge is 0.481 e. The number of aliphatic carboxylic acids is 1. The molecule has 1 unspecified atom stereocenters. The van der Waals surface area contributed by atoms with E-state index in [1.165, 1.54) is 0 Å². The summed E-state index contributed by atoms with van der Waals surface area (Å²) < 4.78 is 0. The van der Waals surface area contributed by atoms with E-state index in [2.05, 4.69) is 11.9 Å². The van der Waals surface area contributed by atoms with Gasteiger partial charge in [0, 0.05) is 19.1 Å². The van der Waals surface area contributed by atoms with Crippen LogP contribution < -0.4 is 5.32 Å². The summed E-state index contributed by atoms with van der Waals surface area (Å²) in [4.78, 5) is 24.6. The lowest BCUT2D eigenvalue weighted by Crippen LogP contribution is -2.44. The highest BCUT2D eigenvalue weighted by atomic mass is 16.4. The fourth-order valence-corrected chi connectivity index (χ4v) is 1.90. The van der Waals surface area contributed by atoms with Crippen molar-refractivity contribution in [2.24, 2.45) is 5.92 Å². The number of amides is 2. The maximum Gasteiger partial charge on any atom is 0.317 e. The molecule has 5 heteroatoms. The summed E-state index contributed by atoms with van der Waals surface area (Å²) in [6.45, 7) is 6.28. The molecule has 102 valence electrons. The number of rotatable bonds is 8. The summed E-state index contributed by atoms with van der Waals surface area (Å²) in [5, 5.41) is 11.7. The van der Waals surface area contributed by atoms with Gasteiger partial charge in [-0.25, -0.2) is 4.79 Å². The second-order valence-corrected chi connectivity index (χ2v) is 4.68. The number of hydrogen-bond acceptors (Lipinski definition) is 2. The molecule has 1 fully saturated rings. The van der Waals surface area contributed by atoms with Gasteiger partial charge >= 0.3 is 12.0 Å². The predicted molar refractivity (Wildman–Crippen MR) is 69.4 cm³/mol. The topological polar surface area (TPSA) is 69.6 Å². The summed E-state index contributed by atoms with van der Waals surface area (Å²) in [6, 6.07) is 0.122. The monoisotopic (exact) mass is 254 g/mol. The van der Waals surface area contributed by atoms with Crippen molar-refractivity contribution in [3.05, 3.63) is 12.7 Å². The van der Waals surface area contributed by atoms with Gasteiger partial charge in [-0.3, -0.25) is 4.79 Å². The lowest BCUT2D eigenvalue weighted by atomic mass is 10.0. The lowest BCUT2D eigenvalue weighted by Gasteiger charge is -2.22. The van der Waals surface area contributed by atoms with Gasteiger partial charge in [-0.2, -0.15) is 0 Å². The van der Waals surface area contributed by atoms with Crippen LogP contribution in [-0.4, -0.2) is 41.1 Å². The zero-order valence-corrected chi connectivity index (χ0v) is 10.9. The first-order chi connectivity index (χ1) is 8.60. The van der Waals surface area contributed by atoms with Gasteiger partial charge in [-0.15, -0.1) is 6.58 Å². The first-order valence-corrected chi connectivity index (χ1v) is 6.48. The van der Waals surface area contributed by atoms with Crippen LogP contribution in [0.25, 0.3) is 0 Å². The van der Waals surface area contributed by atoms with E-state index in [0.717, 1.165) is 19.3 Å². The zero-order valence-electron chi connectivity index (χ0n) is 10.9. The van der Waals surface area contributed by atoms with Gasteiger partial charge in [0.15, 0.2) is 0 Å². The summed E-state index contributed by atoms with van der Waals surface area (Å²) >= 11 is 0. The van der Waals surface area contributed by atoms with Gasteiger partial charge in [-0.1, -0.05) is 19.4 Å². The van der Waals surface area contributed by atoms with Crippen molar-refractivity contribution in [2.45, 2.75) is 38.6 Å². The van der Waals surface area contributed by atoms with Crippen LogP contribution in [0.2, 0.25) is 0 Å². The molecular formula is C13H22N2O3. The third kappa shape index (κ3) is 4.39. The fraction of sp³-hybridized carbons (Fsp3) is 0.692. The SMILES string of the molecule is C=CCN(C(=O)NCC(CCC)C(=O)O)C1CC1. The average Bonchev–Trinajstić information content (AvgIpc) is 3.14. The molecule has 1 rings (SSSR count). The summed E-state index contributed by atoms with van der Waals surface area (Å²) in [5.74, 6) is -1.34. The van der Waals surface area contributed by atoms with Gasteiger partial charge < -0.3 is 15.3 Å². The fourth-order valence-electron chi connectivity index (χ4n) is 1.90. The molecule has 0 aromatic rings. The van der Waals surface area contributed by atoms with Crippen LogP contribution in [-0.2, 0) is 4.79 Å². The van der Waals surface area contributed by atoms with E-state index in [0.29, 0.717) is 19.0 Å². The molecule has 0 heterocycles. The van der Waals surface area contributed by atoms with Crippen molar-refractivity contribution in [3.8, 4) is 0 Å². The second kappa shape index (κ2) is 7.03. The molecule has 0 saturated heterocycles. The van der Waals surface area contributed by atoms with Crippen LogP contribution in [0, 0.1) is 5.92 Å². The third-order valence-electron chi connectivity index (χ3n) is 3.06. The maximum atomic E-state index is 11.9. The number of nitrogens with zero attached hydrogens (tertiary/aromatic N) is 1. The average molecular weight is 254 g/mol. The third-order valence-corrected chi connectivity index (χ3v) is 3.06. The Balaban J connectivity index is 2.41. The van der Waals surface area contributed by atoms with Crippen molar-refractivity contribution in [1.29, 1.82) is 0 Å². The Hall–Kier alpha value is -1.52. The standard InChI is InChI=1S/C13H22N2O3/c1-3-5-10(12(16)17)9-14-13(18)15(8-4-2)11-6-7-11/h4,10-11H,2-3,5-9H2,1H3,(H,14,18)(H,16,17). The minimum Gasteiger partial charge on any atom is -0.481 e. The summed E-state index contributed by atoms with van der Waals surface area (Å²) in [6.07, 6.45) is 5.13. The van der Waals surface area contributed by atoms with E-state index in [9.17, 15) is 9.59 Å². The minimum atomic E-state index is -0.848.